The molecule has 124 valence electrons. The van der Waals surface area contributed by atoms with Crippen LogP contribution in [0.2, 0.25) is 0 Å². The van der Waals surface area contributed by atoms with Gasteiger partial charge in [0.2, 0.25) is 11.1 Å². The zero-order valence-corrected chi connectivity index (χ0v) is 14.1. The van der Waals surface area contributed by atoms with E-state index in [2.05, 4.69) is 20.8 Å². The third kappa shape index (κ3) is 5.17. The lowest BCUT2D eigenvalue weighted by Gasteiger charge is -2.10. The molecule has 1 heterocycles. The normalized spacial score (nSPS) is 11.2. The van der Waals surface area contributed by atoms with Gasteiger partial charge in [-0.3, -0.25) is 4.79 Å². The summed E-state index contributed by atoms with van der Waals surface area (Å²) in [5.41, 5.74) is 0.367. The maximum absolute atomic E-state index is 12.5. The van der Waals surface area contributed by atoms with Gasteiger partial charge in [0.25, 0.3) is 5.76 Å². The number of alkyl halides is 2. The summed E-state index contributed by atoms with van der Waals surface area (Å²) in [5.74, 6) is -2.77. The zero-order valence-electron chi connectivity index (χ0n) is 12.4. The topological polar surface area (TPSA) is 72.7 Å². The van der Waals surface area contributed by atoms with Crippen LogP contribution in [0.15, 0.2) is 34.3 Å². The van der Waals surface area contributed by atoms with Crippen molar-refractivity contribution in [1.29, 1.82) is 0 Å². The lowest BCUT2D eigenvalue weighted by atomic mass is 10.3. The van der Waals surface area contributed by atoms with E-state index in [1.54, 1.807) is 28.9 Å². The van der Waals surface area contributed by atoms with Gasteiger partial charge >= 0.3 is 0 Å². The highest BCUT2D eigenvalue weighted by molar-refractivity contribution is 8.00. The molecule has 0 saturated heterocycles. The maximum Gasteiger partial charge on any atom is 0.288 e. The molecule has 0 saturated carbocycles. The molecular formula is C13H15F2N5OS2. The largest absolute Gasteiger partial charge is 0.324 e. The molecule has 10 heteroatoms. The van der Waals surface area contributed by atoms with Crippen molar-refractivity contribution in [1.82, 2.24) is 20.2 Å². The molecule has 0 fully saturated rings. The standard InChI is InChI=1S/C13H15F2N5OS2/c1-8(2)20-13(17-18-19-20)22-7-11(21)16-9-5-3-4-6-10(9)23-12(14)15/h3-6,8,12H,7H2,1-2H3,(H,16,21). The summed E-state index contributed by atoms with van der Waals surface area (Å²) in [6.07, 6.45) is 0. The summed E-state index contributed by atoms with van der Waals surface area (Å²) in [6.45, 7) is 3.86. The summed E-state index contributed by atoms with van der Waals surface area (Å²) in [4.78, 5) is 12.3. The van der Waals surface area contributed by atoms with Crippen molar-refractivity contribution < 1.29 is 13.6 Å². The number of para-hydroxylation sites is 1. The number of anilines is 1. The molecule has 1 aromatic heterocycles. The molecule has 2 aromatic rings. The number of hydrogen-bond donors (Lipinski definition) is 1. The van der Waals surface area contributed by atoms with Gasteiger partial charge in [-0.1, -0.05) is 35.7 Å². The van der Waals surface area contributed by atoms with Gasteiger partial charge in [0.15, 0.2) is 0 Å². The van der Waals surface area contributed by atoms with Crippen LogP contribution in [0.3, 0.4) is 0 Å². The molecule has 0 aliphatic rings. The predicted octanol–water partition coefficient (Wildman–Crippen LogP) is 3.30. The quantitative estimate of drug-likeness (QED) is 0.765. The van der Waals surface area contributed by atoms with Crippen molar-refractivity contribution in [2.45, 2.75) is 35.7 Å². The number of benzene rings is 1. The van der Waals surface area contributed by atoms with E-state index in [4.69, 9.17) is 0 Å². The molecule has 0 spiro atoms. The second-order valence-corrected chi connectivity index (χ2v) is 6.69. The van der Waals surface area contributed by atoms with E-state index in [-0.39, 0.29) is 17.7 Å². The average Bonchev–Trinajstić information content (AvgIpc) is 2.95. The molecule has 1 aromatic carbocycles. The predicted molar refractivity (Wildman–Crippen MR) is 85.9 cm³/mol. The molecule has 0 aliphatic carbocycles. The SMILES string of the molecule is CC(C)n1nnnc1SCC(=O)Nc1ccccc1SC(F)F. The Morgan fingerprint density at radius 2 is 2.09 bits per heavy atom. The summed E-state index contributed by atoms with van der Waals surface area (Å²) in [5, 5.41) is 14.4. The molecule has 0 unspecified atom stereocenters. The van der Waals surface area contributed by atoms with Crippen molar-refractivity contribution >= 4 is 35.1 Å². The van der Waals surface area contributed by atoms with Crippen LogP contribution in [0.25, 0.3) is 0 Å². The van der Waals surface area contributed by atoms with Crippen LogP contribution in [0.1, 0.15) is 19.9 Å². The first kappa shape index (κ1) is 17.7. The Hall–Kier alpha value is -1.68. The van der Waals surface area contributed by atoms with Crippen LogP contribution < -0.4 is 5.32 Å². The molecule has 23 heavy (non-hydrogen) atoms. The fourth-order valence-corrected chi connectivity index (χ4v) is 3.09. The van der Waals surface area contributed by atoms with Crippen LogP contribution in [-0.2, 0) is 4.79 Å². The monoisotopic (exact) mass is 359 g/mol. The highest BCUT2D eigenvalue weighted by atomic mass is 32.2. The first-order valence-corrected chi connectivity index (χ1v) is 8.58. The number of halogens is 2. The Kier molecular flexibility index (Phi) is 6.34. The van der Waals surface area contributed by atoms with Crippen molar-refractivity contribution in [2.24, 2.45) is 0 Å². The highest BCUT2D eigenvalue weighted by Crippen LogP contribution is 2.31. The molecular weight excluding hydrogens is 344 g/mol. The number of tetrazole rings is 1. The van der Waals surface area contributed by atoms with Crippen LogP contribution in [0.4, 0.5) is 14.5 Å². The van der Waals surface area contributed by atoms with E-state index in [0.29, 0.717) is 27.5 Å². The van der Waals surface area contributed by atoms with Crippen LogP contribution in [-0.4, -0.2) is 37.6 Å². The molecule has 0 bridgehead atoms. The summed E-state index contributed by atoms with van der Waals surface area (Å²) < 4.78 is 26.6. The molecule has 2 rings (SSSR count). The van der Waals surface area contributed by atoms with Gasteiger partial charge in [-0.25, -0.2) is 4.68 Å². The third-order valence-electron chi connectivity index (χ3n) is 2.66. The van der Waals surface area contributed by atoms with E-state index in [9.17, 15) is 13.6 Å². The fourth-order valence-electron chi connectivity index (χ4n) is 1.69. The lowest BCUT2D eigenvalue weighted by molar-refractivity contribution is -0.113. The van der Waals surface area contributed by atoms with Gasteiger partial charge in [-0.05, 0) is 36.4 Å². The van der Waals surface area contributed by atoms with E-state index < -0.39 is 5.76 Å². The lowest BCUT2D eigenvalue weighted by Crippen LogP contribution is -2.15. The number of amides is 1. The van der Waals surface area contributed by atoms with Crippen molar-refractivity contribution in [2.75, 3.05) is 11.1 Å². The minimum absolute atomic E-state index is 0.0822. The minimum atomic E-state index is -2.54. The molecule has 0 aliphatic heterocycles. The molecule has 0 atom stereocenters. The first-order chi connectivity index (χ1) is 11.0. The highest BCUT2D eigenvalue weighted by Gasteiger charge is 2.14. The number of nitrogens with zero attached hydrogens (tertiary/aromatic N) is 4. The van der Waals surface area contributed by atoms with Crippen LogP contribution in [0, 0.1) is 0 Å². The number of carbonyl (C=O) groups excluding carboxylic acids is 1. The number of carbonyl (C=O) groups is 1. The summed E-state index contributed by atoms with van der Waals surface area (Å²) >= 11 is 1.59. The Labute approximate surface area is 140 Å². The van der Waals surface area contributed by atoms with Crippen LogP contribution in [0.5, 0.6) is 0 Å². The summed E-state index contributed by atoms with van der Waals surface area (Å²) in [7, 11) is 0. The zero-order chi connectivity index (χ0) is 16.8. The van der Waals surface area contributed by atoms with Gasteiger partial charge in [0.05, 0.1) is 17.5 Å². The van der Waals surface area contributed by atoms with E-state index >= 15 is 0 Å². The Morgan fingerprint density at radius 3 is 2.78 bits per heavy atom. The Balaban J connectivity index is 1.96. The molecule has 0 radical (unpaired) electrons. The number of hydrogen-bond acceptors (Lipinski definition) is 6. The second-order valence-electron chi connectivity index (χ2n) is 4.71. The van der Waals surface area contributed by atoms with E-state index in [1.165, 1.54) is 11.8 Å². The number of nitrogens with one attached hydrogen (secondary N) is 1. The summed E-state index contributed by atoms with van der Waals surface area (Å²) in [6, 6.07) is 6.53. The molecule has 6 nitrogen and oxygen atoms in total. The smallest absolute Gasteiger partial charge is 0.288 e. The number of rotatable bonds is 7. The number of aromatic nitrogens is 4. The van der Waals surface area contributed by atoms with Gasteiger partial charge in [-0.2, -0.15) is 8.78 Å². The molecule has 1 amide bonds. The Morgan fingerprint density at radius 1 is 1.35 bits per heavy atom. The van der Waals surface area contributed by atoms with Gasteiger partial charge in [-0.15, -0.1) is 5.10 Å². The van der Waals surface area contributed by atoms with Crippen molar-refractivity contribution in [3.63, 3.8) is 0 Å². The third-order valence-corrected chi connectivity index (χ3v) is 4.38. The van der Waals surface area contributed by atoms with Crippen molar-refractivity contribution in [3.8, 4) is 0 Å². The number of thioether (sulfide) groups is 2. The maximum atomic E-state index is 12.5. The molecule has 1 N–H and O–H groups in total. The Bertz CT molecular complexity index is 665. The average molecular weight is 359 g/mol. The van der Waals surface area contributed by atoms with Gasteiger partial charge in [0.1, 0.15) is 0 Å². The van der Waals surface area contributed by atoms with Gasteiger partial charge < -0.3 is 5.32 Å². The fraction of sp³-hybridized carbons (Fsp3) is 0.385. The van der Waals surface area contributed by atoms with E-state index in [1.807, 2.05) is 13.8 Å². The van der Waals surface area contributed by atoms with Crippen LogP contribution >= 0.6 is 23.5 Å². The van der Waals surface area contributed by atoms with Crippen molar-refractivity contribution in [3.05, 3.63) is 24.3 Å². The minimum Gasteiger partial charge on any atom is -0.324 e. The van der Waals surface area contributed by atoms with E-state index in [0.717, 1.165) is 0 Å². The second kappa shape index (κ2) is 8.25. The van der Waals surface area contributed by atoms with Gasteiger partial charge in [0, 0.05) is 4.90 Å². The first-order valence-electron chi connectivity index (χ1n) is 6.71.